The zero-order valence-corrected chi connectivity index (χ0v) is 11.1. The Morgan fingerprint density at radius 2 is 2.28 bits per heavy atom. The molecule has 1 fully saturated rings. The molecule has 0 aromatic heterocycles. The van der Waals surface area contributed by atoms with Crippen molar-refractivity contribution in [1.29, 1.82) is 0 Å². The number of benzene rings is 1. The zero-order chi connectivity index (χ0) is 13.1. The molecular formula is C13H17FN2OS. The summed E-state index contributed by atoms with van der Waals surface area (Å²) in [6, 6.07) is 4.99. The number of halogens is 1. The maximum Gasteiger partial charge on any atom is 0.135 e. The third kappa shape index (κ3) is 2.62. The van der Waals surface area contributed by atoms with Crippen LogP contribution in [0.1, 0.15) is 24.8 Å². The van der Waals surface area contributed by atoms with E-state index in [-0.39, 0.29) is 28.5 Å². The van der Waals surface area contributed by atoms with Gasteiger partial charge in [-0.25, -0.2) is 4.39 Å². The number of hydrogen-bond acceptors (Lipinski definition) is 3. The molecule has 0 bridgehead atoms. The van der Waals surface area contributed by atoms with Crippen molar-refractivity contribution in [2.45, 2.75) is 31.4 Å². The number of anilines is 1. The highest BCUT2D eigenvalue weighted by Crippen LogP contribution is 2.27. The van der Waals surface area contributed by atoms with Crippen molar-refractivity contribution in [2.24, 2.45) is 5.73 Å². The fourth-order valence-corrected chi connectivity index (χ4v) is 2.68. The highest BCUT2D eigenvalue weighted by Gasteiger charge is 2.27. The predicted octanol–water partition coefficient (Wildman–Crippen LogP) is 2.44. The van der Waals surface area contributed by atoms with Crippen LogP contribution in [-0.2, 0) is 4.74 Å². The molecule has 1 aromatic rings. The van der Waals surface area contributed by atoms with Gasteiger partial charge in [0, 0.05) is 12.8 Å². The van der Waals surface area contributed by atoms with Crippen molar-refractivity contribution in [3.8, 4) is 0 Å². The summed E-state index contributed by atoms with van der Waals surface area (Å²) in [6.45, 7) is 0. The van der Waals surface area contributed by atoms with Crippen LogP contribution in [-0.4, -0.2) is 24.2 Å². The average Bonchev–Trinajstić information content (AvgIpc) is 2.76. The Bertz CT molecular complexity index is 453. The Morgan fingerprint density at radius 1 is 1.50 bits per heavy atom. The van der Waals surface area contributed by atoms with Gasteiger partial charge in [-0.2, -0.15) is 0 Å². The molecule has 98 valence electrons. The van der Waals surface area contributed by atoms with Crippen LogP contribution in [0.15, 0.2) is 18.2 Å². The molecule has 5 heteroatoms. The fraction of sp³-hybridized carbons (Fsp3) is 0.462. The Hall–Kier alpha value is -1.20. The van der Waals surface area contributed by atoms with E-state index in [9.17, 15) is 4.39 Å². The van der Waals surface area contributed by atoms with Crippen LogP contribution in [0, 0.1) is 5.82 Å². The highest BCUT2D eigenvalue weighted by atomic mass is 32.1. The van der Waals surface area contributed by atoms with Gasteiger partial charge in [0.05, 0.1) is 17.7 Å². The van der Waals surface area contributed by atoms with Crippen molar-refractivity contribution in [3.63, 3.8) is 0 Å². The molecule has 1 saturated carbocycles. The molecule has 0 radical (unpaired) electrons. The van der Waals surface area contributed by atoms with Gasteiger partial charge in [-0.05, 0) is 31.4 Å². The molecule has 2 rings (SSSR count). The second-order valence-corrected chi connectivity index (χ2v) is 4.92. The summed E-state index contributed by atoms with van der Waals surface area (Å²) in [7, 11) is 1.70. The molecule has 0 heterocycles. The van der Waals surface area contributed by atoms with Crippen molar-refractivity contribution >= 4 is 22.9 Å². The van der Waals surface area contributed by atoms with Crippen LogP contribution in [0.3, 0.4) is 0 Å². The summed E-state index contributed by atoms with van der Waals surface area (Å²) in [5, 5.41) is 3.30. The van der Waals surface area contributed by atoms with Gasteiger partial charge in [-0.1, -0.05) is 18.3 Å². The first-order valence-corrected chi connectivity index (χ1v) is 6.42. The standard InChI is InChI=1S/C13H17FN2OS/c1-17-11-7-3-5-9(11)16-10-6-2-4-8(14)12(10)13(15)18/h2,4,6,9,11,16H,3,5,7H2,1H3,(H2,15,18). The molecule has 1 aromatic carbocycles. The Morgan fingerprint density at radius 3 is 2.94 bits per heavy atom. The molecule has 2 atom stereocenters. The molecule has 0 amide bonds. The SMILES string of the molecule is COC1CCCC1Nc1cccc(F)c1C(N)=S. The van der Waals surface area contributed by atoms with Crippen molar-refractivity contribution in [3.05, 3.63) is 29.6 Å². The molecule has 1 aliphatic carbocycles. The smallest absolute Gasteiger partial charge is 0.135 e. The van der Waals surface area contributed by atoms with Crippen LogP contribution >= 0.6 is 12.2 Å². The molecule has 18 heavy (non-hydrogen) atoms. The number of rotatable bonds is 4. The Balaban J connectivity index is 2.23. The van der Waals surface area contributed by atoms with E-state index in [1.165, 1.54) is 6.07 Å². The van der Waals surface area contributed by atoms with Gasteiger partial charge in [-0.15, -0.1) is 0 Å². The Kier molecular flexibility index (Phi) is 4.14. The molecule has 0 spiro atoms. The quantitative estimate of drug-likeness (QED) is 0.823. The first kappa shape index (κ1) is 13.2. The van der Waals surface area contributed by atoms with Gasteiger partial charge in [0.15, 0.2) is 0 Å². The summed E-state index contributed by atoms with van der Waals surface area (Å²) in [4.78, 5) is 0.0718. The lowest BCUT2D eigenvalue weighted by molar-refractivity contribution is 0.101. The minimum absolute atomic E-state index is 0.0718. The summed E-state index contributed by atoms with van der Waals surface area (Å²) in [6.07, 6.45) is 3.29. The second kappa shape index (κ2) is 5.63. The number of ether oxygens (including phenoxy) is 1. The number of nitrogens with one attached hydrogen (secondary N) is 1. The number of hydrogen-bond donors (Lipinski definition) is 2. The van der Waals surface area contributed by atoms with Crippen molar-refractivity contribution in [2.75, 3.05) is 12.4 Å². The van der Waals surface area contributed by atoms with Gasteiger partial charge >= 0.3 is 0 Å². The maximum absolute atomic E-state index is 13.7. The highest BCUT2D eigenvalue weighted by molar-refractivity contribution is 7.80. The van der Waals surface area contributed by atoms with E-state index in [1.54, 1.807) is 19.2 Å². The van der Waals surface area contributed by atoms with Gasteiger partial charge in [-0.3, -0.25) is 0 Å². The minimum atomic E-state index is -0.389. The van der Waals surface area contributed by atoms with E-state index < -0.39 is 0 Å². The minimum Gasteiger partial charge on any atom is -0.389 e. The van der Waals surface area contributed by atoms with E-state index in [4.69, 9.17) is 22.7 Å². The fourth-order valence-electron chi connectivity index (χ4n) is 2.47. The first-order chi connectivity index (χ1) is 8.63. The van der Waals surface area contributed by atoms with E-state index >= 15 is 0 Å². The summed E-state index contributed by atoms with van der Waals surface area (Å²) < 4.78 is 19.1. The third-order valence-corrected chi connectivity index (χ3v) is 3.56. The average molecular weight is 268 g/mol. The normalized spacial score (nSPS) is 23.0. The molecule has 3 N–H and O–H groups in total. The van der Waals surface area contributed by atoms with Crippen LogP contribution in [0.5, 0.6) is 0 Å². The summed E-state index contributed by atoms with van der Waals surface area (Å²) >= 11 is 4.90. The number of thiocarbonyl (C=S) groups is 1. The molecule has 3 nitrogen and oxygen atoms in total. The van der Waals surface area contributed by atoms with Gasteiger partial charge in [0.25, 0.3) is 0 Å². The van der Waals surface area contributed by atoms with E-state index in [0.717, 1.165) is 19.3 Å². The second-order valence-electron chi connectivity index (χ2n) is 4.48. The zero-order valence-electron chi connectivity index (χ0n) is 10.3. The Labute approximate surface area is 112 Å². The topological polar surface area (TPSA) is 47.3 Å². The van der Waals surface area contributed by atoms with Crippen LogP contribution in [0.4, 0.5) is 10.1 Å². The largest absolute Gasteiger partial charge is 0.389 e. The lowest BCUT2D eigenvalue weighted by atomic mass is 10.1. The van der Waals surface area contributed by atoms with Crippen LogP contribution in [0.25, 0.3) is 0 Å². The molecule has 0 aliphatic heterocycles. The van der Waals surface area contributed by atoms with E-state index in [2.05, 4.69) is 5.32 Å². The third-order valence-electron chi connectivity index (χ3n) is 3.36. The maximum atomic E-state index is 13.7. The van der Waals surface area contributed by atoms with Crippen LogP contribution < -0.4 is 11.1 Å². The van der Waals surface area contributed by atoms with Crippen molar-refractivity contribution in [1.82, 2.24) is 0 Å². The van der Waals surface area contributed by atoms with Gasteiger partial charge in [0.2, 0.25) is 0 Å². The van der Waals surface area contributed by atoms with Crippen molar-refractivity contribution < 1.29 is 9.13 Å². The summed E-state index contributed by atoms with van der Waals surface area (Å²) in [5.41, 5.74) is 6.51. The molecule has 1 aliphatic rings. The number of nitrogens with two attached hydrogens (primary N) is 1. The predicted molar refractivity (Wildman–Crippen MR) is 74.3 cm³/mol. The lowest BCUT2D eigenvalue weighted by Crippen LogP contribution is -2.31. The monoisotopic (exact) mass is 268 g/mol. The molecule has 2 unspecified atom stereocenters. The lowest BCUT2D eigenvalue weighted by Gasteiger charge is -2.22. The number of methoxy groups -OCH3 is 1. The van der Waals surface area contributed by atoms with Crippen LogP contribution in [0.2, 0.25) is 0 Å². The molecule has 0 saturated heterocycles. The molecular weight excluding hydrogens is 251 g/mol. The van der Waals surface area contributed by atoms with E-state index in [1.807, 2.05) is 0 Å². The first-order valence-electron chi connectivity index (χ1n) is 6.01. The van der Waals surface area contributed by atoms with E-state index in [0.29, 0.717) is 5.69 Å². The van der Waals surface area contributed by atoms with Gasteiger partial charge in [0.1, 0.15) is 10.8 Å². The summed E-state index contributed by atoms with van der Waals surface area (Å²) in [5.74, 6) is -0.389. The van der Waals surface area contributed by atoms with Gasteiger partial charge < -0.3 is 15.8 Å².